The summed E-state index contributed by atoms with van der Waals surface area (Å²) >= 11 is 0. The number of rotatable bonds is 4. The first kappa shape index (κ1) is 23.4. The molecule has 1 saturated carbocycles. The highest BCUT2D eigenvalue weighted by atomic mass is 16.3. The van der Waals surface area contributed by atoms with Crippen LogP contribution in [0.5, 0.6) is 0 Å². The molecule has 3 fully saturated rings. The van der Waals surface area contributed by atoms with Crippen molar-refractivity contribution < 1.29 is 9.90 Å². The van der Waals surface area contributed by atoms with Gasteiger partial charge in [-0.15, -0.1) is 0 Å². The van der Waals surface area contributed by atoms with Gasteiger partial charge in [-0.05, 0) is 55.7 Å². The van der Waals surface area contributed by atoms with Crippen molar-refractivity contribution in [1.29, 1.82) is 5.26 Å². The number of nitriles is 1. The number of fused-ring (bicyclic) bond motifs is 4. The Kier molecular flexibility index (Phi) is 5.02. The van der Waals surface area contributed by atoms with Crippen molar-refractivity contribution in [3.8, 4) is 17.2 Å². The van der Waals surface area contributed by atoms with E-state index in [1.54, 1.807) is 4.90 Å². The summed E-state index contributed by atoms with van der Waals surface area (Å²) in [6, 6.07) is 6.59. The Morgan fingerprint density at radius 3 is 2.89 bits per heavy atom. The van der Waals surface area contributed by atoms with Crippen molar-refractivity contribution in [2.24, 2.45) is 18.4 Å². The minimum atomic E-state index is -0.200. The number of carbonyl (C=O) groups excluding carboxylic acids is 1. The van der Waals surface area contributed by atoms with Gasteiger partial charge < -0.3 is 14.9 Å². The van der Waals surface area contributed by atoms with Crippen molar-refractivity contribution >= 4 is 22.6 Å². The molecule has 4 heterocycles. The normalized spacial score (nSPS) is 24.6. The SMILES string of the molecule is C=CC(=O)N1CC2(CCN(c3nc4c(c(-c5c(C)ccc6cnn(C)c56)c3C#N)CC[C@H]3C[C@@H]43)[C@H]2CO)C1. The van der Waals surface area contributed by atoms with Gasteiger partial charge in [0, 0.05) is 54.5 Å². The molecule has 8 heteroatoms. The van der Waals surface area contributed by atoms with Crippen molar-refractivity contribution in [2.75, 3.05) is 31.1 Å². The fourth-order valence-electron chi connectivity index (χ4n) is 7.60. The second-order valence-corrected chi connectivity index (χ2v) is 11.7. The zero-order valence-corrected chi connectivity index (χ0v) is 21.9. The third-order valence-electron chi connectivity index (χ3n) is 9.70. The molecule has 2 aromatic heterocycles. The van der Waals surface area contributed by atoms with Crippen LogP contribution in [0, 0.1) is 29.6 Å². The van der Waals surface area contributed by atoms with E-state index in [0.29, 0.717) is 42.9 Å². The molecule has 0 radical (unpaired) electrons. The van der Waals surface area contributed by atoms with Gasteiger partial charge in [-0.25, -0.2) is 4.98 Å². The first-order chi connectivity index (χ1) is 18.4. The van der Waals surface area contributed by atoms with Gasteiger partial charge in [0.25, 0.3) is 0 Å². The number of nitrogens with zero attached hydrogens (tertiary/aromatic N) is 6. The van der Waals surface area contributed by atoms with Crippen LogP contribution in [-0.2, 0) is 18.3 Å². The average molecular weight is 509 g/mol. The maximum atomic E-state index is 12.2. The lowest BCUT2D eigenvalue weighted by Gasteiger charge is -2.51. The molecular formula is C30H32N6O2. The number of aryl methyl sites for hydroxylation is 2. The summed E-state index contributed by atoms with van der Waals surface area (Å²) in [6.45, 7) is 7.58. The van der Waals surface area contributed by atoms with Gasteiger partial charge >= 0.3 is 0 Å². The number of anilines is 1. The molecule has 2 aliphatic carbocycles. The Balaban J connectivity index is 1.43. The molecule has 1 aromatic carbocycles. The largest absolute Gasteiger partial charge is 0.394 e. The maximum Gasteiger partial charge on any atom is 0.245 e. The van der Waals surface area contributed by atoms with Crippen LogP contribution in [0.2, 0.25) is 0 Å². The highest BCUT2D eigenvalue weighted by Crippen LogP contribution is 2.57. The van der Waals surface area contributed by atoms with Crippen LogP contribution < -0.4 is 4.90 Å². The Labute approximate surface area is 222 Å². The highest BCUT2D eigenvalue weighted by Gasteiger charge is 2.56. The number of pyridine rings is 1. The summed E-state index contributed by atoms with van der Waals surface area (Å²) in [4.78, 5) is 21.4. The summed E-state index contributed by atoms with van der Waals surface area (Å²) in [7, 11) is 1.96. The summed E-state index contributed by atoms with van der Waals surface area (Å²) in [5.41, 5.74) is 6.96. The minimum Gasteiger partial charge on any atom is -0.394 e. The van der Waals surface area contributed by atoms with Crippen LogP contribution in [0.15, 0.2) is 31.0 Å². The number of carbonyl (C=O) groups is 1. The molecule has 8 nitrogen and oxygen atoms in total. The maximum absolute atomic E-state index is 12.2. The van der Waals surface area contributed by atoms with Gasteiger partial charge in [0.2, 0.25) is 5.91 Å². The molecule has 3 aromatic rings. The Morgan fingerprint density at radius 1 is 1.34 bits per heavy atom. The number of aromatic nitrogens is 3. The number of aliphatic hydroxyl groups excluding tert-OH is 1. The molecule has 38 heavy (non-hydrogen) atoms. The smallest absolute Gasteiger partial charge is 0.245 e. The fourth-order valence-corrected chi connectivity index (χ4v) is 7.60. The van der Waals surface area contributed by atoms with Gasteiger partial charge in [0.15, 0.2) is 0 Å². The highest BCUT2D eigenvalue weighted by molar-refractivity contribution is 5.99. The topological polar surface area (TPSA) is 98.3 Å². The molecule has 7 rings (SSSR count). The van der Waals surface area contributed by atoms with E-state index in [1.165, 1.54) is 11.6 Å². The summed E-state index contributed by atoms with van der Waals surface area (Å²) in [5.74, 6) is 1.75. The number of amides is 1. The van der Waals surface area contributed by atoms with Crippen molar-refractivity contribution in [2.45, 2.75) is 44.6 Å². The molecule has 194 valence electrons. The van der Waals surface area contributed by atoms with E-state index >= 15 is 0 Å². The van der Waals surface area contributed by atoms with E-state index in [-0.39, 0.29) is 24.0 Å². The minimum absolute atomic E-state index is 0.0442. The lowest BCUT2D eigenvalue weighted by atomic mass is 9.73. The zero-order chi connectivity index (χ0) is 26.3. The molecule has 1 amide bonds. The summed E-state index contributed by atoms with van der Waals surface area (Å²) in [6.07, 6.45) is 7.30. The van der Waals surface area contributed by atoms with Crippen molar-refractivity contribution in [3.05, 3.63) is 53.4 Å². The molecule has 0 unspecified atom stereocenters. The number of hydrogen-bond donors (Lipinski definition) is 1. The standard InChI is InChI=1S/C30H32N6O2/c1-4-24(38)35-15-30(16-35)9-10-36(23(30)14-37)29-22(12-31)26(20-8-7-18-11-21(18)27(20)33-29)25-17(2)5-6-19-13-32-34(3)28(19)25/h4-6,13,18,21,23,37H,1,7-11,14-16H2,2-3H3/t18-,21+,23-/m0/s1. The third-order valence-corrected chi connectivity index (χ3v) is 9.70. The van der Waals surface area contributed by atoms with E-state index in [9.17, 15) is 15.2 Å². The van der Waals surface area contributed by atoms with E-state index < -0.39 is 0 Å². The summed E-state index contributed by atoms with van der Waals surface area (Å²) in [5, 5.41) is 27.0. The van der Waals surface area contributed by atoms with Crippen LogP contribution >= 0.6 is 0 Å². The van der Waals surface area contributed by atoms with Gasteiger partial charge in [-0.3, -0.25) is 9.48 Å². The molecule has 4 aliphatic rings. The van der Waals surface area contributed by atoms with E-state index in [4.69, 9.17) is 4.98 Å². The van der Waals surface area contributed by atoms with Gasteiger partial charge in [-0.1, -0.05) is 18.7 Å². The Hall–Kier alpha value is -3.70. The number of likely N-dealkylation sites (tertiary alicyclic amines) is 1. The average Bonchev–Trinajstić information content (AvgIpc) is 3.48. The van der Waals surface area contributed by atoms with Crippen LogP contribution in [-0.4, -0.2) is 63.0 Å². The quantitative estimate of drug-likeness (QED) is 0.542. The van der Waals surface area contributed by atoms with E-state index in [1.807, 2.05) is 17.9 Å². The van der Waals surface area contributed by atoms with E-state index in [2.05, 4.69) is 41.7 Å². The van der Waals surface area contributed by atoms with Crippen LogP contribution in [0.3, 0.4) is 0 Å². The zero-order valence-electron chi connectivity index (χ0n) is 21.9. The predicted molar refractivity (Wildman–Crippen MR) is 145 cm³/mol. The van der Waals surface area contributed by atoms with Crippen LogP contribution in [0.25, 0.3) is 22.0 Å². The molecule has 1 N–H and O–H groups in total. The monoisotopic (exact) mass is 508 g/mol. The first-order valence-corrected chi connectivity index (χ1v) is 13.6. The lowest BCUT2D eigenvalue weighted by molar-refractivity contribution is -0.138. The van der Waals surface area contributed by atoms with E-state index in [0.717, 1.165) is 59.0 Å². The second-order valence-electron chi connectivity index (χ2n) is 11.7. The molecule has 1 spiro atoms. The first-order valence-electron chi connectivity index (χ1n) is 13.6. The third kappa shape index (κ3) is 3.08. The molecule has 2 aliphatic heterocycles. The van der Waals surface area contributed by atoms with Crippen LogP contribution in [0.4, 0.5) is 5.82 Å². The second kappa shape index (κ2) is 8.15. The van der Waals surface area contributed by atoms with Gasteiger partial charge in [0.1, 0.15) is 17.5 Å². The van der Waals surface area contributed by atoms with Crippen LogP contribution in [0.1, 0.15) is 47.6 Å². The lowest BCUT2D eigenvalue weighted by Crippen LogP contribution is -2.64. The molecule has 0 bridgehead atoms. The number of aliphatic hydroxyl groups is 1. The molecule has 2 saturated heterocycles. The molecule has 3 atom stereocenters. The number of hydrogen-bond acceptors (Lipinski definition) is 6. The Bertz CT molecular complexity index is 1560. The van der Waals surface area contributed by atoms with Gasteiger partial charge in [0.05, 0.1) is 30.1 Å². The predicted octanol–water partition coefficient (Wildman–Crippen LogP) is 3.45. The Morgan fingerprint density at radius 2 is 2.16 bits per heavy atom. The van der Waals surface area contributed by atoms with Crippen molar-refractivity contribution in [1.82, 2.24) is 19.7 Å². The summed E-state index contributed by atoms with van der Waals surface area (Å²) < 4.78 is 1.91. The fraction of sp³-hybridized carbons (Fsp3) is 0.467. The number of benzene rings is 1. The molecular weight excluding hydrogens is 476 g/mol. The van der Waals surface area contributed by atoms with Gasteiger partial charge in [-0.2, -0.15) is 10.4 Å². The van der Waals surface area contributed by atoms with Crippen molar-refractivity contribution in [3.63, 3.8) is 0 Å².